The summed E-state index contributed by atoms with van der Waals surface area (Å²) >= 11 is 5.38. The van der Waals surface area contributed by atoms with E-state index in [0.717, 1.165) is 73.6 Å². The number of hydrogen-bond acceptors (Lipinski definition) is 29. The molecule has 4 saturated carbocycles. The molecule has 0 radical (unpaired) electrons. The van der Waals surface area contributed by atoms with Crippen molar-refractivity contribution in [2.75, 3.05) is 47.7 Å². The number of anilines is 4. The van der Waals surface area contributed by atoms with Crippen LogP contribution in [0.2, 0.25) is 0 Å². The molecule has 38 nitrogen and oxygen atoms in total. The summed E-state index contributed by atoms with van der Waals surface area (Å²) in [5.74, 6) is -3.52. The van der Waals surface area contributed by atoms with E-state index in [1.165, 1.54) is 106 Å². The number of halogens is 4. The SMILES string of the molecule is CCOC1CC(n2cc(NC(=O)c3csc(-c4cn[nH]c4)n3)c(-c3cc(F)ccn3)n2)C1.CCOC1CC(n2cc(NC(=O)c3csc(-c4cn[nH]c4)n3)c(-c3cc(F)ccn3)n2)C1.CCOC1CC(n2cc(NC(=O)c3csc(-c4cn[nH]c4)n3)c(-c3cccc(F)n3)n2)C1.CCOC1CC(n2cc(NC(=O)c3csc(-c4cn[nH]c4)n3)c(-c3ncccc3F)n2)C1.O=CO. The first kappa shape index (κ1) is 90.1. The Morgan fingerprint density at radius 1 is 0.412 bits per heavy atom. The van der Waals surface area contributed by atoms with E-state index in [-0.39, 0.29) is 107 Å². The molecule has 0 spiro atoms. The van der Waals surface area contributed by atoms with Gasteiger partial charge >= 0.3 is 0 Å². The van der Waals surface area contributed by atoms with E-state index in [9.17, 15) is 36.7 Å². The molecule has 131 heavy (non-hydrogen) atoms. The summed E-state index contributed by atoms with van der Waals surface area (Å²) in [6, 6.07) is 13.0. The highest BCUT2D eigenvalue weighted by Gasteiger charge is 2.38. The van der Waals surface area contributed by atoms with Crippen molar-refractivity contribution in [3.8, 4) is 87.8 Å². The summed E-state index contributed by atoms with van der Waals surface area (Å²) in [5.41, 5.74) is 8.64. The van der Waals surface area contributed by atoms with Crippen LogP contribution in [0.3, 0.4) is 0 Å². The fourth-order valence-corrected chi connectivity index (χ4v) is 17.5. The molecule has 4 aliphatic rings. The van der Waals surface area contributed by atoms with E-state index in [2.05, 4.69) is 122 Å². The number of aromatic nitrogens is 24. The molecule has 16 aromatic heterocycles. The number of aromatic amines is 4. The number of amides is 4. The van der Waals surface area contributed by atoms with Crippen LogP contribution >= 0.6 is 45.3 Å². The van der Waals surface area contributed by atoms with Crippen LogP contribution in [0, 0.1) is 23.4 Å². The van der Waals surface area contributed by atoms with Gasteiger partial charge in [0.05, 0.1) is 113 Å². The van der Waals surface area contributed by atoms with Crippen LogP contribution in [0.1, 0.15) is 145 Å². The summed E-state index contributed by atoms with van der Waals surface area (Å²) in [6.07, 6.45) is 32.1. The van der Waals surface area contributed by atoms with Crippen molar-refractivity contribution in [1.29, 1.82) is 0 Å². The molecule has 674 valence electrons. The molecule has 4 aliphatic carbocycles. The van der Waals surface area contributed by atoms with Crippen molar-refractivity contribution >= 4 is 98.2 Å². The zero-order valence-corrected chi connectivity index (χ0v) is 73.3. The van der Waals surface area contributed by atoms with Crippen LogP contribution in [-0.4, -0.2) is 206 Å². The van der Waals surface area contributed by atoms with Crippen LogP contribution in [0.4, 0.5) is 40.3 Å². The topological polar surface area (TPSA) is 480 Å². The first-order chi connectivity index (χ1) is 63.8. The molecule has 0 aliphatic heterocycles. The summed E-state index contributed by atoms with van der Waals surface area (Å²) < 4.78 is 85.6. The Kier molecular flexibility index (Phi) is 28.8. The van der Waals surface area contributed by atoms with E-state index >= 15 is 0 Å². The number of H-pyrrole nitrogens is 4. The van der Waals surface area contributed by atoms with Crippen molar-refractivity contribution in [1.82, 2.24) is 120 Å². The van der Waals surface area contributed by atoms with Gasteiger partial charge in [-0.3, -0.25) is 78.0 Å². The molecule has 46 heteroatoms. The van der Waals surface area contributed by atoms with Crippen LogP contribution < -0.4 is 21.3 Å². The number of carboxylic acid groups (broad SMARTS) is 1. The van der Waals surface area contributed by atoms with Crippen molar-refractivity contribution in [3.63, 3.8) is 0 Å². The number of nitrogens with one attached hydrogen (secondary N) is 8. The Morgan fingerprint density at radius 3 is 1.02 bits per heavy atom. The first-order valence-corrected chi connectivity index (χ1v) is 44.8. The van der Waals surface area contributed by atoms with Gasteiger partial charge in [-0.05, 0) is 115 Å². The van der Waals surface area contributed by atoms with Crippen molar-refractivity contribution in [2.24, 2.45) is 0 Å². The minimum atomic E-state index is -0.612. The second-order valence-corrected chi connectivity index (χ2v) is 33.1. The Bertz CT molecular complexity index is 6070. The van der Waals surface area contributed by atoms with Gasteiger partial charge in [0.2, 0.25) is 5.95 Å². The summed E-state index contributed by atoms with van der Waals surface area (Å²) in [5, 5.41) is 72.7. The molecule has 20 rings (SSSR count). The normalized spacial score (nSPS) is 17.5. The molecular weight excluding hydrogens is 1780 g/mol. The second kappa shape index (κ2) is 41.9. The van der Waals surface area contributed by atoms with Gasteiger partial charge in [0, 0.05) is 150 Å². The molecule has 0 aromatic carbocycles. The molecule has 16 heterocycles. The van der Waals surface area contributed by atoms with E-state index in [1.54, 1.807) is 127 Å². The zero-order valence-electron chi connectivity index (χ0n) is 70.1. The van der Waals surface area contributed by atoms with Crippen LogP contribution in [0.25, 0.3) is 87.8 Å². The largest absolute Gasteiger partial charge is 0.483 e. The minimum Gasteiger partial charge on any atom is -0.483 e. The molecule has 4 fully saturated rings. The predicted molar refractivity (Wildman–Crippen MR) is 476 cm³/mol. The Morgan fingerprint density at radius 2 is 0.725 bits per heavy atom. The van der Waals surface area contributed by atoms with Crippen molar-refractivity contribution in [3.05, 3.63) is 215 Å². The Labute approximate surface area is 757 Å². The van der Waals surface area contributed by atoms with Gasteiger partial charge in [0.25, 0.3) is 30.1 Å². The second-order valence-electron chi connectivity index (χ2n) is 29.7. The van der Waals surface area contributed by atoms with Crippen molar-refractivity contribution < 1.29 is 65.6 Å². The van der Waals surface area contributed by atoms with Gasteiger partial charge in [-0.1, -0.05) is 6.07 Å². The van der Waals surface area contributed by atoms with Gasteiger partial charge in [-0.15, -0.1) is 45.3 Å². The molecule has 4 amide bonds. The van der Waals surface area contributed by atoms with Gasteiger partial charge < -0.3 is 45.3 Å². The number of pyridine rings is 4. The maximum Gasteiger partial charge on any atom is 0.290 e. The molecule has 16 aromatic rings. The van der Waals surface area contributed by atoms with E-state index in [1.807, 2.05) is 27.7 Å². The number of nitrogens with zero attached hydrogens (tertiary/aromatic N) is 20. The molecule has 0 bridgehead atoms. The smallest absolute Gasteiger partial charge is 0.290 e. The third kappa shape index (κ3) is 21.7. The third-order valence-electron chi connectivity index (χ3n) is 21.1. The lowest BCUT2D eigenvalue weighted by atomic mass is 9.89. The maximum atomic E-state index is 14.5. The van der Waals surface area contributed by atoms with E-state index < -0.39 is 29.3 Å². The summed E-state index contributed by atoms with van der Waals surface area (Å²) in [7, 11) is 0. The zero-order chi connectivity index (χ0) is 91.0. The maximum absolute atomic E-state index is 14.5. The molecule has 0 saturated heterocycles. The fourth-order valence-electron chi connectivity index (χ4n) is 14.4. The van der Waals surface area contributed by atoms with Crippen LogP contribution in [0.15, 0.2) is 169 Å². The number of rotatable bonds is 28. The number of thiazole rings is 4. The van der Waals surface area contributed by atoms with Gasteiger partial charge in [0.15, 0.2) is 5.82 Å². The average Bonchev–Trinajstić information content (AvgIpc) is 1.65. The highest BCUT2D eigenvalue weighted by molar-refractivity contribution is 7.14. The molecule has 0 atom stereocenters. The minimum absolute atomic E-state index is 0.0830. The molecular formula is C85H82F4N28O10S4. The standard InChI is InChI=1S/4C21H20FN7O2S.CH2O2/c2*1-2-31-15-6-14(7-15)29-10-17(19(28-29)16-5-13(22)3-4-23-16)26-20(30)18-11-32-21(27-18)12-8-24-25-9-12;1-2-31-14-6-13(7-14)29-10-16(19(28-29)18-15(22)4-3-5-23-18)26-20(30)17-11-32-21(27-17)12-8-24-25-9-12;1-2-31-14-6-13(7-14)29-10-16(19(28-29)15-4-3-5-18(22)25-15)26-20(30)17-11-32-21(27-17)12-8-23-24-9-12;2-1-3/h2*3-5,8-11,14-15H,2,6-7H2,1H3,(H,24,25)(H,26,30);3-5,8-11,13-14H,2,6-7H2,1H3,(H,24,25)(H,26,30);3-5,8-11,13-14H,2,6-7H2,1H3,(H,23,24)(H,26,30);1H,(H,2,3). The Balaban J connectivity index is 0.000000126. The van der Waals surface area contributed by atoms with Gasteiger partial charge in [-0.2, -0.15) is 45.2 Å². The highest BCUT2D eigenvalue weighted by Crippen LogP contribution is 2.43. The lowest BCUT2D eigenvalue weighted by Gasteiger charge is -2.34. The Hall–Kier alpha value is -14.3. The monoisotopic (exact) mass is 1860 g/mol. The highest BCUT2D eigenvalue weighted by atomic mass is 32.1. The van der Waals surface area contributed by atoms with Crippen LogP contribution in [-0.2, 0) is 23.7 Å². The molecule has 9 N–H and O–H groups in total. The predicted octanol–water partition coefficient (Wildman–Crippen LogP) is 15.4. The van der Waals surface area contributed by atoms with Gasteiger partial charge in [-0.25, -0.2) is 38.1 Å². The van der Waals surface area contributed by atoms with E-state index in [4.69, 9.17) is 28.8 Å². The summed E-state index contributed by atoms with van der Waals surface area (Å²) in [6.45, 7) is 10.3. The summed E-state index contributed by atoms with van der Waals surface area (Å²) in [4.78, 5) is 94.1. The number of ether oxygens (including phenoxy) is 4. The number of carbonyl (C=O) groups is 5. The van der Waals surface area contributed by atoms with Crippen molar-refractivity contribution in [2.45, 2.75) is 128 Å². The lowest BCUT2D eigenvalue weighted by Crippen LogP contribution is -2.33. The van der Waals surface area contributed by atoms with Crippen LogP contribution in [0.5, 0.6) is 0 Å². The number of hydrogen-bond donors (Lipinski definition) is 9. The fraction of sp³-hybridized carbons (Fsp3) is 0.282. The molecule has 0 unspecified atom stereocenters. The number of carbonyl (C=O) groups excluding carboxylic acids is 4. The van der Waals surface area contributed by atoms with Gasteiger partial charge in [0.1, 0.15) is 82.9 Å². The lowest BCUT2D eigenvalue weighted by molar-refractivity contribution is -0.122. The quantitative estimate of drug-likeness (QED) is 0.0125. The average molecular weight is 1860 g/mol. The first-order valence-electron chi connectivity index (χ1n) is 41.3. The third-order valence-corrected chi connectivity index (χ3v) is 24.7. The van der Waals surface area contributed by atoms with E-state index in [0.29, 0.717) is 103 Å².